The summed E-state index contributed by atoms with van der Waals surface area (Å²) in [5, 5.41) is 13.9. The molecule has 0 spiro atoms. The van der Waals surface area contributed by atoms with Gasteiger partial charge in [0.25, 0.3) is 0 Å². The van der Waals surface area contributed by atoms with Gasteiger partial charge < -0.3 is 22.6 Å². The number of carboxylic acid groups (broad SMARTS) is 2. The molecular formula is CH4ClKO7S. The van der Waals surface area contributed by atoms with E-state index in [4.69, 9.17) is 32.5 Å². The van der Waals surface area contributed by atoms with Gasteiger partial charge in [-0.2, -0.15) is 8.42 Å². The monoisotopic (exact) mass is 234 g/mol. The molecule has 0 fully saturated rings. The summed E-state index contributed by atoms with van der Waals surface area (Å²) in [6, 6.07) is 0. The Hall–Kier alpha value is 1.07. The van der Waals surface area contributed by atoms with Gasteiger partial charge in [0.05, 0.1) is 0 Å². The molecule has 0 saturated heterocycles. The molecule has 0 rings (SSSR count). The Bertz CT molecular complexity index is 161. The van der Waals surface area contributed by atoms with E-state index in [1.807, 2.05) is 0 Å². The van der Waals surface area contributed by atoms with E-state index in [1.165, 1.54) is 0 Å². The van der Waals surface area contributed by atoms with Crippen LogP contribution in [0.4, 0.5) is 4.79 Å². The number of hydrogen-bond donors (Lipinski definition) is 4. The van der Waals surface area contributed by atoms with Gasteiger partial charge in [0.1, 0.15) is 0 Å². The Morgan fingerprint density at radius 2 is 1.09 bits per heavy atom. The van der Waals surface area contributed by atoms with E-state index >= 15 is 0 Å². The Morgan fingerprint density at radius 3 is 1.09 bits per heavy atom. The number of hydrogen-bond acceptors (Lipinski definition) is 3. The van der Waals surface area contributed by atoms with Gasteiger partial charge in [-0.05, 0) is 0 Å². The third-order valence-electron chi connectivity index (χ3n) is 0. The summed E-state index contributed by atoms with van der Waals surface area (Å²) in [7, 11) is -4.67. The van der Waals surface area contributed by atoms with Crippen molar-refractivity contribution in [3.05, 3.63) is 0 Å². The van der Waals surface area contributed by atoms with Crippen molar-refractivity contribution in [3.63, 3.8) is 0 Å². The molecule has 0 atom stereocenters. The Morgan fingerprint density at radius 1 is 1.09 bits per heavy atom. The second-order valence-electron chi connectivity index (χ2n) is 0.730. The maximum Gasteiger partial charge on any atom is 1.00 e. The largest absolute Gasteiger partial charge is 1.00 e. The van der Waals surface area contributed by atoms with Crippen LogP contribution in [-0.4, -0.2) is 33.9 Å². The zero-order valence-electron chi connectivity index (χ0n) is 5.30. The van der Waals surface area contributed by atoms with Gasteiger partial charge in [-0.3, -0.25) is 9.11 Å². The van der Waals surface area contributed by atoms with E-state index in [1.54, 1.807) is 0 Å². The first-order valence-corrected chi connectivity index (χ1v) is 2.75. The van der Waals surface area contributed by atoms with Crippen LogP contribution >= 0.6 is 0 Å². The summed E-state index contributed by atoms with van der Waals surface area (Å²) in [4.78, 5) is 8.56. The topological polar surface area (TPSA) is 132 Å². The summed E-state index contributed by atoms with van der Waals surface area (Å²) >= 11 is 0. The summed E-state index contributed by atoms with van der Waals surface area (Å²) in [6.45, 7) is 0. The van der Waals surface area contributed by atoms with Crippen LogP contribution in [0, 0.1) is 0 Å². The van der Waals surface area contributed by atoms with Crippen LogP contribution < -0.4 is 63.8 Å². The predicted octanol–water partition coefficient (Wildman–Crippen LogP) is -6.42. The van der Waals surface area contributed by atoms with Crippen LogP contribution in [-0.2, 0) is 10.4 Å². The molecule has 4 N–H and O–H groups in total. The molecule has 0 bridgehead atoms. The van der Waals surface area contributed by atoms with Gasteiger partial charge in [-0.25, -0.2) is 4.79 Å². The number of halogens is 1. The summed E-state index contributed by atoms with van der Waals surface area (Å²) in [5.41, 5.74) is 0. The van der Waals surface area contributed by atoms with Gasteiger partial charge in [0, 0.05) is 0 Å². The molecule has 0 aromatic heterocycles. The average Bonchev–Trinajstić information content (AvgIpc) is 1.19. The van der Waals surface area contributed by atoms with Gasteiger partial charge in [-0.1, -0.05) is 0 Å². The predicted molar refractivity (Wildman–Crippen MR) is 24.8 cm³/mol. The molecule has 0 radical (unpaired) electrons. The molecule has 0 aromatic rings. The molecule has 0 aliphatic rings. The van der Waals surface area contributed by atoms with Crippen LogP contribution in [0.3, 0.4) is 0 Å². The average molecular weight is 235 g/mol. The van der Waals surface area contributed by atoms with Crippen LogP contribution in [0.1, 0.15) is 0 Å². The van der Waals surface area contributed by atoms with Crippen molar-refractivity contribution in [1.29, 1.82) is 0 Å². The fraction of sp³-hybridized carbons (Fsp3) is 0. The zero-order valence-corrected chi connectivity index (χ0v) is 10.00. The van der Waals surface area contributed by atoms with Gasteiger partial charge in [0.2, 0.25) is 0 Å². The quantitative estimate of drug-likeness (QED) is 0.242. The molecule has 11 heavy (non-hydrogen) atoms. The SMILES string of the molecule is O=C(O)O.O=S(=O)(O)O.[Cl-].[K+]. The van der Waals surface area contributed by atoms with Gasteiger partial charge in [-0.15, -0.1) is 0 Å². The second-order valence-corrected chi connectivity index (χ2v) is 1.63. The standard InChI is InChI=1S/CH2O3.ClH.K.H2O4S/c2-1(3)4;;;1-5(2,3)4/h(H2,2,3,4);1H;;(H2,1,2,3,4)/q;;+1;/p-1. The molecule has 64 valence electrons. The first-order chi connectivity index (χ1) is 3.73. The van der Waals surface area contributed by atoms with Crippen molar-refractivity contribution in [2.45, 2.75) is 0 Å². The van der Waals surface area contributed by atoms with E-state index < -0.39 is 16.6 Å². The van der Waals surface area contributed by atoms with Gasteiger partial charge >= 0.3 is 67.9 Å². The fourth-order valence-electron chi connectivity index (χ4n) is 0. The van der Waals surface area contributed by atoms with Crippen LogP contribution in [0.15, 0.2) is 0 Å². The first-order valence-electron chi connectivity index (χ1n) is 1.35. The van der Waals surface area contributed by atoms with Crippen molar-refractivity contribution in [3.8, 4) is 0 Å². The molecule has 0 aliphatic carbocycles. The third-order valence-corrected chi connectivity index (χ3v) is 0. The summed E-state index contributed by atoms with van der Waals surface area (Å²) in [6.07, 6.45) is -1.83. The number of carbonyl (C=O) groups is 1. The van der Waals surface area contributed by atoms with Crippen molar-refractivity contribution in [2.75, 3.05) is 0 Å². The van der Waals surface area contributed by atoms with Crippen molar-refractivity contribution >= 4 is 16.6 Å². The summed E-state index contributed by atoms with van der Waals surface area (Å²) < 4.78 is 31.6. The van der Waals surface area contributed by atoms with Crippen LogP contribution in [0.2, 0.25) is 0 Å². The minimum absolute atomic E-state index is 0. The maximum absolute atomic E-state index is 8.74. The zero-order chi connectivity index (χ0) is 8.08. The minimum Gasteiger partial charge on any atom is -1.00 e. The normalized spacial score (nSPS) is 7.45. The maximum atomic E-state index is 8.74. The smallest absolute Gasteiger partial charge is 1.00 e. The van der Waals surface area contributed by atoms with Crippen molar-refractivity contribution in [1.82, 2.24) is 0 Å². The molecule has 7 nitrogen and oxygen atoms in total. The minimum atomic E-state index is -4.67. The molecule has 10 heteroatoms. The van der Waals surface area contributed by atoms with E-state index in [2.05, 4.69) is 0 Å². The fourth-order valence-corrected chi connectivity index (χ4v) is 0. The first kappa shape index (κ1) is 22.7. The molecule has 0 amide bonds. The van der Waals surface area contributed by atoms with E-state index in [0.29, 0.717) is 0 Å². The molecule has 0 aliphatic heterocycles. The second kappa shape index (κ2) is 11.1. The van der Waals surface area contributed by atoms with E-state index in [-0.39, 0.29) is 63.8 Å². The van der Waals surface area contributed by atoms with Crippen LogP contribution in [0.5, 0.6) is 0 Å². The van der Waals surface area contributed by atoms with Crippen molar-refractivity contribution in [2.24, 2.45) is 0 Å². The number of rotatable bonds is 0. The molecule has 0 saturated carbocycles. The van der Waals surface area contributed by atoms with Gasteiger partial charge in [0.15, 0.2) is 0 Å². The van der Waals surface area contributed by atoms with Crippen LogP contribution in [0.25, 0.3) is 0 Å². The molecule has 0 unspecified atom stereocenters. The Kier molecular flexibility index (Phi) is 22.8. The third kappa shape index (κ3) is 800. The molecular weight excluding hydrogens is 231 g/mol. The van der Waals surface area contributed by atoms with E-state index in [9.17, 15) is 0 Å². The Labute approximate surface area is 111 Å². The van der Waals surface area contributed by atoms with Crippen molar-refractivity contribution < 1.29 is 96.3 Å². The molecule has 0 heterocycles. The molecule has 0 aromatic carbocycles. The van der Waals surface area contributed by atoms with E-state index in [0.717, 1.165) is 0 Å². The Balaban J connectivity index is -0.0000000383. The summed E-state index contributed by atoms with van der Waals surface area (Å²) in [5.74, 6) is 0.